The van der Waals surface area contributed by atoms with Crippen LogP contribution in [-0.4, -0.2) is 17.7 Å². The summed E-state index contributed by atoms with van der Waals surface area (Å²) in [4.78, 5) is 2.49. The first-order valence-corrected chi connectivity index (χ1v) is 7.13. The summed E-state index contributed by atoms with van der Waals surface area (Å²) in [5, 5.41) is 13.8. The maximum Gasteiger partial charge on any atom is 0.103 e. The Kier molecular flexibility index (Phi) is 4.38. The van der Waals surface area contributed by atoms with E-state index in [1.54, 1.807) is 11.3 Å². The second-order valence-electron chi connectivity index (χ2n) is 4.51. The van der Waals surface area contributed by atoms with Crippen molar-refractivity contribution in [3.63, 3.8) is 0 Å². The van der Waals surface area contributed by atoms with Gasteiger partial charge in [-0.3, -0.25) is 0 Å². The molecular weight excluding hydrogens is 218 g/mol. The van der Waals surface area contributed by atoms with Crippen LogP contribution in [0.4, 0.5) is 0 Å². The van der Waals surface area contributed by atoms with E-state index in [0.717, 1.165) is 24.3 Å². The minimum Gasteiger partial charge on any atom is -0.386 e. The van der Waals surface area contributed by atoms with Crippen molar-refractivity contribution < 1.29 is 5.11 Å². The molecule has 3 heteroatoms. The Morgan fingerprint density at radius 1 is 1.44 bits per heavy atom. The van der Waals surface area contributed by atoms with E-state index >= 15 is 0 Å². The molecule has 0 bridgehead atoms. The molecule has 0 spiro atoms. The fraction of sp³-hybridized carbons (Fsp3) is 0.692. The molecule has 16 heavy (non-hydrogen) atoms. The first kappa shape index (κ1) is 12.1. The van der Waals surface area contributed by atoms with E-state index in [2.05, 4.69) is 24.4 Å². The molecule has 2 N–H and O–H groups in total. The Hall–Kier alpha value is -0.380. The SMILES string of the molecule is CCc1ccc(C(O)C2CCCCCN2)s1. The molecule has 0 radical (unpaired) electrons. The van der Waals surface area contributed by atoms with Gasteiger partial charge in [0.1, 0.15) is 6.10 Å². The predicted octanol–water partition coefficient (Wildman–Crippen LogP) is 2.88. The van der Waals surface area contributed by atoms with Gasteiger partial charge in [-0.25, -0.2) is 0 Å². The molecule has 1 aromatic heterocycles. The lowest BCUT2D eigenvalue weighted by atomic mass is 10.0. The van der Waals surface area contributed by atoms with Crippen molar-refractivity contribution >= 4 is 11.3 Å². The zero-order chi connectivity index (χ0) is 11.4. The Morgan fingerprint density at radius 3 is 3.06 bits per heavy atom. The molecule has 1 aliphatic rings. The van der Waals surface area contributed by atoms with Crippen LogP contribution in [0.25, 0.3) is 0 Å². The molecule has 0 amide bonds. The Labute approximate surface area is 102 Å². The Balaban J connectivity index is 2.01. The standard InChI is InChI=1S/C13H21NOS/c1-2-10-7-8-12(16-10)13(15)11-6-4-3-5-9-14-11/h7-8,11,13-15H,2-6,9H2,1H3. The average molecular weight is 239 g/mol. The lowest BCUT2D eigenvalue weighted by Gasteiger charge is -2.21. The summed E-state index contributed by atoms with van der Waals surface area (Å²) in [5.74, 6) is 0. The van der Waals surface area contributed by atoms with Crippen molar-refractivity contribution in [2.75, 3.05) is 6.54 Å². The second-order valence-corrected chi connectivity index (χ2v) is 5.71. The van der Waals surface area contributed by atoms with Crippen LogP contribution >= 0.6 is 11.3 Å². The molecule has 0 aliphatic carbocycles. The van der Waals surface area contributed by atoms with Crippen molar-refractivity contribution in [3.05, 3.63) is 21.9 Å². The number of aliphatic hydroxyl groups excluding tert-OH is 1. The molecule has 0 saturated carbocycles. The molecule has 2 heterocycles. The molecule has 1 aromatic rings. The Bertz CT molecular complexity index is 315. The monoisotopic (exact) mass is 239 g/mol. The molecular formula is C13H21NOS. The van der Waals surface area contributed by atoms with Crippen molar-refractivity contribution in [1.82, 2.24) is 5.32 Å². The van der Waals surface area contributed by atoms with Crippen molar-refractivity contribution in [2.24, 2.45) is 0 Å². The van der Waals surface area contributed by atoms with Crippen LogP contribution in [0, 0.1) is 0 Å². The number of thiophene rings is 1. The van der Waals surface area contributed by atoms with E-state index in [1.165, 1.54) is 24.1 Å². The van der Waals surface area contributed by atoms with Gasteiger partial charge >= 0.3 is 0 Å². The van der Waals surface area contributed by atoms with E-state index in [0.29, 0.717) is 0 Å². The van der Waals surface area contributed by atoms with Gasteiger partial charge in [0.2, 0.25) is 0 Å². The molecule has 2 atom stereocenters. The van der Waals surface area contributed by atoms with Crippen LogP contribution in [0.2, 0.25) is 0 Å². The molecule has 2 rings (SSSR count). The number of rotatable bonds is 3. The quantitative estimate of drug-likeness (QED) is 0.850. The highest BCUT2D eigenvalue weighted by Gasteiger charge is 2.22. The smallest absolute Gasteiger partial charge is 0.103 e. The Morgan fingerprint density at radius 2 is 2.31 bits per heavy atom. The number of aryl methyl sites for hydroxylation is 1. The third-order valence-electron chi connectivity index (χ3n) is 3.30. The number of aliphatic hydroxyl groups is 1. The summed E-state index contributed by atoms with van der Waals surface area (Å²) in [6.07, 6.45) is 5.62. The maximum atomic E-state index is 10.3. The highest BCUT2D eigenvalue weighted by atomic mass is 32.1. The van der Waals surface area contributed by atoms with Gasteiger partial charge < -0.3 is 10.4 Å². The van der Waals surface area contributed by atoms with Crippen LogP contribution in [0.3, 0.4) is 0 Å². The molecule has 90 valence electrons. The highest BCUT2D eigenvalue weighted by Crippen LogP contribution is 2.28. The number of hydrogen-bond acceptors (Lipinski definition) is 3. The summed E-state index contributed by atoms with van der Waals surface area (Å²) in [5.41, 5.74) is 0. The van der Waals surface area contributed by atoms with E-state index in [1.807, 2.05) is 0 Å². The van der Waals surface area contributed by atoms with Gasteiger partial charge in [0.05, 0.1) is 0 Å². The van der Waals surface area contributed by atoms with E-state index in [9.17, 15) is 5.11 Å². The van der Waals surface area contributed by atoms with Gasteiger partial charge in [0.25, 0.3) is 0 Å². The van der Waals surface area contributed by atoms with Crippen LogP contribution in [0.1, 0.15) is 48.5 Å². The summed E-state index contributed by atoms with van der Waals surface area (Å²) in [6.45, 7) is 3.21. The fourth-order valence-electron chi connectivity index (χ4n) is 2.27. The summed E-state index contributed by atoms with van der Waals surface area (Å²) in [7, 11) is 0. The molecule has 1 aliphatic heterocycles. The summed E-state index contributed by atoms with van der Waals surface area (Å²) in [6, 6.07) is 4.48. The van der Waals surface area contributed by atoms with Crippen molar-refractivity contribution in [3.8, 4) is 0 Å². The van der Waals surface area contributed by atoms with Gasteiger partial charge in [0, 0.05) is 15.8 Å². The fourth-order valence-corrected chi connectivity index (χ4v) is 3.27. The largest absolute Gasteiger partial charge is 0.386 e. The van der Waals surface area contributed by atoms with Crippen molar-refractivity contribution in [1.29, 1.82) is 0 Å². The van der Waals surface area contributed by atoms with Crippen molar-refractivity contribution in [2.45, 2.75) is 51.2 Å². The van der Waals surface area contributed by atoms with Gasteiger partial charge in [0.15, 0.2) is 0 Å². The van der Waals surface area contributed by atoms with Gasteiger partial charge in [-0.1, -0.05) is 19.8 Å². The van der Waals surface area contributed by atoms with Crippen LogP contribution < -0.4 is 5.32 Å². The van der Waals surface area contributed by atoms with Crippen LogP contribution in [0.5, 0.6) is 0 Å². The third kappa shape index (κ3) is 2.84. The molecule has 2 unspecified atom stereocenters. The summed E-state index contributed by atoms with van der Waals surface area (Å²) < 4.78 is 0. The van der Waals surface area contributed by atoms with Gasteiger partial charge in [-0.15, -0.1) is 11.3 Å². The third-order valence-corrected chi connectivity index (χ3v) is 4.60. The summed E-state index contributed by atoms with van der Waals surface area (Å²) >= 11 is 1.75. The van der Waals surface area contributed by atoms with E-state index < -0.39 is 0 Å². The lowest BCUT2D eigenvalue weighted by molar-refractivity contribution is 0.129. The number of nitrogens with one attached hydrogen (secondary N) is 1. The highest BCUT2D eigenvalue weighted by molar-refractivity contribution is 7.12. The molecule has 0 aromatic carbocycles. The number of hydrogen-bond donors (Lipinski definition) is 2. The van der Waals surface area contributed by atoms with E-state index in [-0.39, 0.29) is 12.1 Å². The van der Waals surface area contributed by atoms with Crippen LogP contribution in [0.15, 0.2) is 12.1 Å². The average Bonchev–Trinajstić information content (AvgIpc) is 2.62. The first-order valence-electron chi connectivity index (χ1n) is 6.31. The second kappa shape index (κ2) is 5.80. The zero-order valence-corrected chi connectivity index (χ0v) is 10.7. The lowest BCUT2D eigenvalue weighted by Crippen LogP contribution is -2.33. The normalized spacial score (nSPS) is 24.0. The molecule has 1 saturated heterocycles. The predicted molar refractivity (Wildman–Crippen MR) is 68.9 cm³/mol. The minimum atomic E-state index is -0.316. The maximum absolute atomic E-state index is 10.3. The molecule has 2 nitrogen and oxygen atoms in total. The van der Waals surface area contributed by atoms with Gasteiger partial charge in [-0.2, -0.15) is 0 Å². The topological polar surface area (TPSA) is 32.3 Å². The minimum absolute atomic E-state index is 0.255. The van der Waals surface area contributed by atoms with E-state index in [4.69, 9.17) is 0 Å². The van der Waals surface area contributed by atoms with Gasteiger partial charge in [-0.05, 0) is 37.9 Å². The zero-order valence-electron chi connectivity index (χ0n) is 9.91. The van der Waals surface area contributed by atoms with Crippen LogP contribution in [-0.2, 0) is 6.42 Å². The first-order chi connectivity index (χ1) is 7.81. The molecule has 1 fully saturated rings.